The molecule has 0 aromatic heterocycles. The van der Waals surface area contributed by atoms with E-state index in [4.69, 9.17) is 0 Å². The largest absolute Gasteiger partial charge is 0.390 e. The van der Waals surface area contributed by atoms with Crippen LogP contribution in [0.5, 0.6) is 0 Å². The highest BCUT2D eigenvalue weighted by Gasteiger charge is 2.48. The molecule has 0 saturated heterocycles. The van der Waals surface area contributed by atoms with E-state index in [9.17, 15) is 15.3 Å². The lowest BCUT2D eigenvalue weighted by molar-refractivity contribution is -0.0983. The maximum Gasteiger partial charge on any atom is 0.107 e. The smallest absolute Gasteiger partial charge is 0.107 e. The fourth-order valence-corrected chi connectivity index (χ4v) is 7.23. The molecule has 0 amide bonds. The molecule has 4 atom stereocenters. The Hall–Kier alpha value is -2.46. The maximum atomic E-state index is 12.4. The first kappa shape index (κ1) is 37.0. The first-order chi connectivity index (χ1) is 22.1. The van der Waals surface area contributed by atoms with Crippen molar-refractivity contribution in [3.63, 3.8) is 0 Å². The van der Waals surface area contributed by atoms with Crippen molar-refractivity contribution in [2.45, 2.75) is 147 Å². The topological polar surface area (TPSA) is 60.7 Å². The number of aliphatic hydroxyl groups is 3. The van der Waals surface area contributed by atoms with E-state index >= 15 is 0 Å². The van der Waals surface area contributed by atoms with E-state index < -0.39 is 23.7 Å². The van der Waals surface area contributed by atoms with Crippen molar-refractivity contribution < 1.29 is 15.3 Å². The van der Waals surface area contributed by atoms with Gasteiger partial charge in [-0.2, -0.15) is 0 Å². The summed E-state index contributed by atoms with van der Waals surface area (Å²) >= 11 is 0. The van der Waals surface area contributed by atoms with Gasteiger partial charge < -0.3 is 15.3 Å². The van der Waals surface area contributed by atoms with E-state index in [1.54, 1.807) is 0 Å². The van der Waals surface area contributed by atoms with Gasteiger partial charge in [0.1, 0.15) is 12.2 Å². The highest BCUT2D eigenvalue weighted by molar-refractivity contribution is 5.52. The Morgan fingerprint density at radius 2 is 0.733 bits per heavy atom. The van der Waals surface area contributed by atoms with E-state index in [1.165, 1.54) is 70.6 Å². The molecule has 0 aliphatic carbocycles. The van der Waals surface area contributed by atoms with Crippen molar-refractivity contribution in [2.75, 3.05) is 0 Å². The normalized spacial score (nSPS) is 14.6. The molecular formula is C42H62O3. The summed E-state index contributed by atoms with van der Waals surface area (Å²) in [7, 11) is 0. The summed E-state index contributed by atoms with van der Waals surface area (Å²) in [4.78, 5) is 0. The van der Waals surface area contributed by atoms with E-state index in [2.05, 4.69) is 13.8 Å². The minimum Gasteiger partial charge on any atom is -0.390 e. The summed E-state index contributed by atoms with van der Waals surface area (Å²) in [6.07, 6.45) is 16.7. The van der Waals surface area contributed by atoms with Gasteiger partial charge in [0.15, 0.2) is 0 Å². The molecule has 3 aromatic rings. The highest BCUT2D eigenvalue weighted by Crippen LogP contribution is 2.44. The molecule has 0 aliphatic rings. The third-order valence-electron chi connectivity index (χ3n) is 9.89. The zero-order valence-electron chi connectivity index (χ0n) is 28.3. The predicted molar refractivity (Wildman–Crippen MR) is 191 cm³/mol. The molecular weight excluding hydrogens is 552 g/mol. The van der Waals surface area contributed by atoms with Crippen molar-refractivity contribution in [1.29, 1.82) is 0 Å². The average Bonchev–Trinajstić information content (AvgIpc) is 3.09. The summed E-state index contributed by atoms with van der Waals surface area (Å²) in [5.74, 6) is -0.0506. The lowest BCUT2D eigenvalue weighted by Crippen LogP contribution is -2.53. The standard InChI is InChI=1S/C42H62O3/c1-3-5-7-9-11-12-13-15-20-28-35(27-19-14-10-8-6-4-2)39(43)40(44)41(45)42(36-29-21-16-22-30-36,37-31-23-17-24-32-37)38-33-25-18-26-34-38/h16-18,21-26,29-35,39-41,43-45H,3-15,19-20,27-28H2,1-2H3/t35?,39-,40?,41?/m0/s1. The molecule has 45 heavy (non-hydrogen) atoms. The Bertz CT molecular complexity index is 1020. The third kappa shape index (κ3) is 11.1. The number of hydrogen-bond acceptors (Lipinski definition) is 3. The SMILES string of the molecule is CCCCCCCCCCCC(CCCCCCCC)[C@H](O)C(O)C(O)C(c1ccccc1)(c1ccccc1)c1ccccc1. The van der Waals surface area contributed by atoms with Crippen molar-refractivity contribution >= 4 is 0 Å². The number of rotatable bonds is 24. The number of hydrogen-bond donors (Lipinski definition) is 3. The van der Waals surface area contributed by atoms with E-state index in [-0.39, 0.29) is 5.92 Å². The lowest BCUT2D eigenvalue weighted by Gasteiger charge is -2.44. The van der Waals surface area contributed by atoms with Crippen LogP contribution in [0.15, 0.2) is 91.0 Å². The van der Waals surface area contributed by atoms with Crippen LogP contribution in [0.4, 0.5) is 0 Å². The monoisotopic (exact) mass is 614 g/mol. The van der Waals surface area contributed by atoms with Gasteiger partial charge in [-0.1, -0.05) is 201 Å². The highest BCUT2D eigenvalue weighted by atomic mass is 16.4. The molecule has 0 spiro atoms. The molecule has 3 aromatic carbocycles. The summed E-state index contributed by atoms with van der Waals surface area (Å²) in [5, 5.41) is 36.3. The summed E-state index contributed by atoms with van der Waals surface area (Å²) in [6.45, 7) is 4.50. The van der Waals surface area contributed by atoms with E-state index in [0.717, 1.165) is 55.2 Å². The quantitative estimate of drug-likeness (QED) is 0.0695. The number of unbranched alkanes of at least 4 members (excludes halogenated alkanes) is 13. The van der Waals surface area contributed by atoms with Gasteiger partial charge in [0.05, 0.1) is 11.5 Å². The second-order valence-corrected chi connectivity index (χ2v) is 13.3. The van der Waals surface area contributed by atoms with Crippen molar-refractivity contribution in [3.05, 3.63) is 108 Å². The second-order valence-electron chi connectivity index (χ2n) is 13.3. The third-order valence-corrected chi connectivity index (χ3v) is 9.89. The van der Waals surface area contributed by atoms with Crippen LogP contribution in [0.1, 0.15) is 140 Å². The Labute approximate surface area is 275 Å². The minimum atomic E-state index is -1.31. The average molecular weight is 615 g/mol. The molecule has 3 heteroatoms. The van der Waals surface area contributed by atoms with Crippen LogP contribution in [0.3, 0.4) is 0 Å². The Morgan fingerprint density at radius 3 is 1.07 bits per heavy atom. The van der Waals surface area contributed by atoms with Crippen LogP contribution < -0.4 is 0 Å². The van der Waals surface area contributed by atoms with Crippen molar-refractivity contribution in [3.8, 4) is 0 Å². The number of benzene rings is 3. The minimum absolute atomic E-state index is 0.0506. The summed E-state index contributed by atoms with van der Waals surface area (Å²) < 4.78 is 0. The van der Waals surface area contributed by atoms with Crippen LogP contribution >= 0.6 is 0 Å². The van der Waals surface area contributed by atoms with Crippen molar-refractivity contribution in [1.82, 2.24) is 0 Å². The molecule has 0 heterocycles. The summed E-state index contributed by atoms with van der Waals surface area (Å²) in [6, 6.07) is 30.0. The molecule has 248 valence electrons. The van der Waals surface area contributed by atoms with Crippen LogP contribution in [0.25, 0.3) is 0 Å². The molecule has 3 rings (SSSR count). The van der Waals surface area contributed by atoms with E-state index in [0.29, 0.717) is 0 Å². The number of aliphatic hydroxyl groups excluding tert-OH is 3. The first-order valence-electron chi connectivity index (χ1n) is 18.3. The van der Waals surface area contributed by atoms with Gasteiger partial charge in [0, 0.05) is 0 Å². The molecule has 0 fully saturated rings. The van der Waals surface area contributed by atoms with Gasteiger partial charge in [0.25, 0.3) is 0 Å². The van der Waals surface area contributed by atoms with Gasteiger partial charge >= 0.3 is 0 Å². The zero-order chi connectivity index (χ0) is 32.2. The Morgan fingerprint density at radius 1 is 0.422 bits per heavy atom. The lowest BCUT2D eigenvalue weighted by atomic mass is 9.63. The van der Waals surface area contributed by atoms with Crippen LogP contribution in [-0.4, -0.2) is 33.6 Å². The Kier molecular flexibility index (Phi) is 17.6. The van der Waals surface area contributed by atoms with Crippen molar-refractivity contribution in [2.24, 2.45) is 5.92 Å². The van der Waals surface area contributed by atoms with Gasteiger partial charge in [-0.25, -0.2) is 0 Å². The van der Waals surface area contributed by atoms with Gasteiger partial charge in [0.2, 0.25) is 0 Å². The van der Waals surface area contributed by atoms with Crippen LogP contribution in [-0.2, 0) is 5.41 Å². The fraction of sp³-hybridized carbons (Fsp3) is 0.571. The molecule has 3 nitrogen and oxygen atoms in total. The molecule has 0 aliphatic heterocycles. The zero-order valence-corrected chi connectivity index (χ0v) is 28.3. The molecule has 3 unspecified atom stereocenters. The van der Waals surface area contributed by atoms with Gasteiger partial charge in [-0.15, -0.1) is 0 Å². The van der Waals surface area contributed by atoms with Gasteiger partial charge in [-0.3, -0.25) is 0 Å². The van der Waals surface area contributed by atoms with E-state index in [1.807, 2.05) is 91.0 Å². The first-order valence-corrected chi connectivity index (χ1v) is 18.3. The molecule has 3 N–H and O–H groups in total. The molecule has 0 saturated carbocycles. The van der Waals surface area contributed by atoms with Crippen LogP contribution in [0, 0.1) is 5.92 Å². The Balaban J connectivity index is 1.82. The summed E-state index contributed by atoms with van der Waals surface area (Å²) in [5.41, 5.74) is 1.64. The fourth-order valence-electron chi connectivity index (χ4n) is 7.23. The van der Waals surface area contributed by atoms with Crippen LogP contribution in [0.2, 0.25) is 0 Å². The van der Waals surface area contributed by atoms with Gasteiger partial charge in [-0.05, 0) is 35.4 Å². The second kappa shape index (κ2) is 21.4. The predicted octanol–water partition coefficient (Wildman–Crippen LogP) is 10.4. The molecule has 0 radical (unpaired) electrons. The molecule has 0 bridgehead atoms. The maximum absolute atomic E-state index is 12.4.